The molecule has 28 heavy (non-hydrogen) atoms. The van der Waals surface area contributed by atoms with Crippen LogP contribution in [0.1, 0.15) is 16.8 Å². The van der Waals surface area contributed by atoms with Crippen LogP contribution in [0.2, 0.25) is 5.02 Å². The van der Waals surface area contributed by atoms with Gasteiger partial charge >= 0.3 is 0 Å². The Morgan fingerprint density at radius 1 is 1.07 bits per heavy atom. The average Bonchev–Trinajstić information content (AvgIpc) is 2.69. The number of morpholine rings is 1. The van der Waals surface area contributed by atoms with Gasteiger partial charge in [0.15, 0.2) is 0 Å². The van der Waals surface area contributed by atoms with Crippen LogP contribution >= 0.6 is 11.6 Å². The number of nitrogens with zero attached hydrogens (tertiary/aromatic N) is 1. The molecule has 0 radical (unpaired) electrons. The number of carbonyl (C=O) groups excluding carboxylic acids is 3. The molecule has 1 aliphatic heterocycles. The van der Waals surface area contributed by atoms with Crippen molar-refractivity contribution < 1.29 is 19.1 Å². The zero-order valence-electron chi connectivity index (χ0n) is 15.1. The van der Waals surface area contributed by atoms with Crippen molar-refractivity contribution in [3.05, 3.63) is 59.1 Å². The van der Waals surface area contributed by atoms with E-state index < -0.39 is 0 Å². The van der Waals surface area contributed by atoms with Crippen LogP contribution in [0.25, 0.3) is 0 Å². The van der Waals surface area contributed by atoms with Gasteiger partial charge in [0, 0.05) is 41.5 Å². The van der Waals surface area contributed by atoms with E-state index in [1.165, 1.54) is 0 Å². The lowest BCUT2D eigenvalue weighted by Crippen LogP contribution is -2.41. The molecule has 8 heteroatoms. The third kappa shape index (κ3) is 5.31. The van der Waals surface area contributed by atoms with E-state index in [9.17, 15) is 14.4 Å². The first-order chi connectivity index (χ1) is 13.5. The summed E-state index contributed by atoms with van der Waals surface area (Å²) in [5.41, 5.74) is 1.87. The molecule has 7 nitrogen and oxygen atoms in total. The molecule has 0 bridgehead atoms. The van der Waals surface area contributed by atoms with Crippen molar-refractivity contribution in [2.75, 3.05) is 36.5 Å². The second kappa shape index (κ2) is 9.34. The summed E-state index contributed by atoms with van der Waals surface area (Å²) >= 11 is 5.79. The first kappa shape index (κ1) is 19.9. The molecule has 1 fully saturated rings. The third-order valence-corrected chi connectivity index (χ3v) is 4.44. The fraction of sp³-hybridized carbons (Fsp3) is 0.250. The van der Waals surface area contributed by atoms with Crippen LogP contribution in [0.5, 0.6) is 0 Å². The number of ether oxygens (including phenoxy) is 1. The van der Waals surface area contributed by atoms with E-state index in [2.05, 4.69) is 10.6 Å². The van der Waals surface area contributed by atoms with E-state index >= 15 is 0 Å². The summed E-state index contributed by atoms with van der Waals surface area (Å²) in [6, 6.07) is 13.6. The fourth-order valence-corrected chi connectivity index (χ4v) is 2.86. The molecule has 3 amide bonds. The molecule has 1 aliphatic rings. The van der Waals surface area contributed by atoms with Crippen molar-refractivity contribution in [3.8, 4) is 0 Å². The van der Waals surface area contributed by atoms with E-state index in [1.807, 2.05) is 0 Å². The number of benzene rings is 2. The minimum atomic E-state index is -0.260. The molecule has 1 saturated heterocycles. The normalized spacial score (nSPS) is 13.9. The molecule has 1 heterocycles. The summed E-state index contributed by atoms with van der Waals surface area (Å²) in [6.07, 6.45) is 0.142. The first-order valence-corrected chi connectivity index (χ1v) is 9.22. The topological polar surface area (TPSA) is 87.7 Å². The van der Waals surface area contributed by atoms with Crippen molar-refractivity contribution in [1.82, 2.24) is 5.32 Å². The number of hydrogen-bond donors (Lipinski definition) is 2. The van der Waals surface area contributed by atoms with Gasteiger partial charge in [-0.3, -0.25) is 14.4 Å². The number of carbonyl (C=O) groups is 3. The van der Waals surface area contributed by atoms with E-state index in [-0.39, 0.29) is 37.3 Å². The van der Waals surface area contributed by atoms with E-state index in [4.69, 9.17) is 16.3 Å². The number of nitrogens with one attached hydrogen (secondary N) is 2. The lowest BCUT2D eigenvalue weighted by molar-refractivity contribution is -0.125. The van der Waals surface area contributed by atoms with Gasteiger partial charge in [0.2, 0.25) is 5.91 Å². The van der Waals surface area contributed by atoms with Gasteiger partial charge in [-0.1, -0.05) is 11.6 Å². The monoisotopic (exact) mass is 401 g/mol. The molecule has 0 unspecified atom stereocenters. The first-order valence-electron chi connectivity index (χ1n) is 8.85. The van der Waals surface area contributed by atoms with Crippen molar-refractivity contribution in [3.63, 3.8) is 0 Å². The van der Waals surface area contributed by atoms with Gasteiger partial charge in [0.1, 0.15) is 6.61 Å². The number of amides is 3. The van der Waals surface area contributed by atoms with Crippen LogP contribution in [0.4, 0.5) is 11.4 Å². The number of rotatable bonds is 6. The quantitative estimate of drug-likeness (QED) is 0.778. The second-order valence-electron chi connectivity index (χ2n) is 6.21. The molecule has 0 saturated carbocycles. The zero-order valence-corrected chi connectivity index (χ0v) is 15.9. The summed E-state index contributed by atoms with van der Waals surface area (Å²) in [6.45, 7) is 1.32. The van der Waals surface area contributed by atoms with Crippen LogP contribution in [0, 0.1) is 0 Å². The molecule has 2 aromatic rings. The maximum Gasteiger partial charge on any atom is 0.253 e. The number of hydrogen-bond acceptors (Lipinski definition) is 4. The summed E-state index contributed by atoms with van der Waals surface area (Å²) in [5.74, 6) is -0.560. The minimum absolute atomic E-state index is 0.0836. The molecule has 0 aromatic heterocycles. The molecule has 0 spiro atoms. The van der Waals surface area contributed by atoms with Gasteiger partial charge in [-0.15, -0.1) is 0 Å². The van der Waals surface area contributed by atoms with Gasteiger partial charge in [0.25, 0.3) is 11.8 Å². The predicted octanol–water partition coefficient (Wildman–Crippen LogP) is 2.46. The van der Waals surface area contributed by atoms with Crippen LogP contribution in [0.15, 0.2) is 48.5 Å². The molecule has 2 aromatic carbocycles. The zero-order chi connectivity index (χ0) is 19.9. The molecular weight excluding hydrogens is 382 g/mol. The Bertz CT molecular complexity index is 853. The second-order valence-corrected chi connectivity index (χ2v) is 6.64. The van der Waals surface area contributed by atoms with Crippen LogP contribution < -0.4 is 15.5 Å². The molecular formula is C20H20ClN3O4. The lowest BCUT2D eigenvalue weighted by atomic mass is 10.2. The number of anilines is 2. The van der Waals surface area contributed by atoms with Gasteiger partial charge < -0.3 is 20.3 Å². The lowest BCUT2D eigenvalue weighted by Gasteiger charge is -2.26. The highest BCUT2D eigenvalue weighted by Gasteiger charge is 2.19. The van der Waals surface area contributed by atoms with E-state index in [0.717, 1.165) is 5.69 Å². The van der Waals surface area contributed by atoms with E-state index in [0.29, 0.717) is 29.4 Å². The Balaban J connectivity index is 1.45. The Kier molecular flexibility index (Phi) is 6.62. The molecule has 146 valence electrons. The Morgan fingerprint density at radius 2 is 1.79 bits per heavy atom. The van der Waals surface area contributed by atoms with Crippen LogP contribution in [-0.4, -0.2) is 44.0 Å². The largest absolute Gasteiger partial charge is 0.370 e. The van der Waals surface area contributed by atoms with Crippen molar-refractivity contribution in [1.29, 1.82) is 0 Å². The highest BCUT2D eigenvalue weighted by molar-refractivity contribution is 6.30. The summed E-state index contributed by atoms with van der Waals surface area (Å²) in [5, 5.41) is 6.02. The Hall–Kier alpha value is -2.90. The van der Waals surface area contributed by atoms with Crippen LogP contribution in [-0.2, 0) is 14.3 Å². The summed E-state index contributed by atoms with van der Waals surface area (Å²) in [7, 11) is 0. The molecule has 0 atom stereocenters. The molecule has 0 aliphatic carbocycles. The maximum absolute atomic E-state index is 12.1. The standard InChI is InChI=1S/C20H20ClN3O4/c21-15-3-1-14(2-4-15)20(27)22-10-9-18(25)23-16-5-7-17(8-6-16)24-11-12-28-13-19(24)26/h1-8H,9-13H2,(H,22,27)(H,23,25). The molecule has 2 N–H and O–H groups in total. The van der Waals surface area contributed by atoms with E-state index in [1.54, 1.807) is 53.4 Å². The summed E-state index contributed by atoms with van der Waals surface area (Å²) < 4.78 is 5.11. The van der Waals surface area contributed by atoms with Crippen LogP contribution in [0.3, 0.4) is 0 Å². The number of halogens is 1. The third-order valence-electron chi connectivity index (χ3n) is 4.19. The van der Waals surface area contributed by atoms with Crippen molar-refractivity contribution in [2.45, 2.75) is 6.42 Å². The van der Waals surface area contributed by atoms with Crippen molar-refractivity contribution >= 4 is 40.7 Å². The Labute approximate surface area is 167 Å². The summed E-state index contributed by atoms with van der Waals surface area (Å²) in [4.78, 5) is 37.5. The fourth-order valence-electron chi connectivity index (χ4n) is 2.73. The van der Waals surface area contributed by atoms with Gasteiger partial charge in [0.05, 0.1) is 6.61 Å². The van der Waals surface area contributed by atoms with Crippen molar-refractivity contribution in [2.24, 2.45) is 0 Å². The Morgan fingerprint density at radius 3 is 2.46 bits per heavy atom. The SMILES string of the molecule is O=C(CCNC(=O)c1ccc(Cl)cc1)Nc1ccc(N2CCOCC2=O)cc1. The minimum Gasteiger partial charge on any atom is -0.370 e. The maximum atomic E-state index is 12.1. The smallest absolute Gasteiger partial charge is 0.253 e. The highest BCUT2D eigenvalue weighted by atomic mass is 35.5. The highest BCUT2D eigenvalue weighted by Crippen LogP contribution is 2.19. The van der Waals surface area contributed by atoms with Gasteiger partial charge in [-0.25, -0.2) is 0 Å². The van der Waals surface area contributed by atoms with Gasteiger partial charge in [-0.05, 0) is 48.5 Å². The average molecular weight is 402 g/mol. The van der Waals surface area contributed by atoms with Gasteiger partial charge in [-0.2, -0.15) is 0 Å². The molecule has 3 rings (SSSR count). The predicted molar refractivity (Wildman–Crippen MR) is 107 cm³/mol.